The lowest BCUT2D eigenvalue weighted by Gasteiger charge is -2.28. The van der Waals surface area contributed by atoms with Crippen LogP contribution in [-0.4, -0.2) is 6.61 Å². The Kier molecular flexibility index (Phi) is 23.3. The first-order valence-corrected chi connectivity index (χ1v) is 25.1. The van der Waals surface area contributed by atoms with Gasteiger partial charge in [0.15, 0.2) is 0 Å². The van der Waals surface area contributed by atoms with E-state index in [0.29, 0.717) is 19.8 Å². The molecule has 322 valence electrons. The van der Waals surface area contributed by atoms with Crippen molar-refractivity contribution < 1.29 is 9.47 Å². The second-order valence-electron chi connectivity index (χ2n) is 19.0. The van der Waals surface area contributed by atoms with Gasteiger partial charge in [0.05, 0.1) is 19.8 Å². The fourth-order valence-corrected chi connectivity index (χ4v) is 10.2. The molecule has 0 saturated heterocycles. The van der Waals surface area contributed by atoms with Crippen LogP contribution in [0.3, 0.4) is 0 Å². The van der Waals surface area contributed by atoms with Gasteiger partial charge in [-0.2, -0.15) is 0 Å². The molecule has 2 fully saturated rings. The Labute approximate surface area is 358 Å². The van der Waals surface area contributed by atoms with Crippen molar-refractivity contribution in [3.8, 4) is 0 Å². The summed E-state index contributed by atoms with van der Waals surface area (Å²) in [6, 6.07) is 29.0. The van der Waals surface area contributed by atoms with Crippen LogP contribution in [0.1, 0.15) is 215 Å². The molecule has 0 unspecified atom stereocenters. The minimum Gasteiger partial charge on any atom is -0.374 e. The van der Waals surface area contributed by atoms with Gasteiger partial charge in [0, 0.05) is 0 Å². The van der Waals surface area contributed by atoms with E-state index in [1.165, 1.54) is 208 Å². The maximum absolute atomic E-state index is 6.53. The lowest BCUT2D eigenvalue weighted by atomic mass is 9.78. The summed E-state index contributed by atoms with van der Waals surface area (Å²) < 4.78 is 12.8. The van der Waals surface area contributed by atoms with E-state index in [1.54, 1.807) is 0 Å². The highest BCUT2D eigenvalue weighted by atomic mass is 16.5. The molecule has 2 nitrogen and oxygen atoms in total. The zero-order chi connectivity index (χ0) is 40.3. The lowest BCUT2D eigenvalue weighted by molar-refractivity contribution is -0.0313. The molecule has 3 aromatic rings. The topological polar surface area (TPSA) is 18.5 Å². The zero-order valence-corrected chi connectivity index (χ0v) is 37.6. The van der Waals surface area contributed by atoms with Gasteiger partial charge in [0.25, 0.3) is 0 Å². The van der Waals surface area contributed by atoms with Crippen LogP contribution in [-0.2, 0) is 35.5 Å². The summed E-state index contributed by atoms with van der Waals surface area (Å²) in [7, 11) is 0. The summed E-state index contributed by atoms with van der Waals surface area (Å²) >= 11 is 0. The Morgan fingerprint density at radius 2 is 0.793 bits per heavy atom. The number of aryl methyl sites for hydroxylation is 2. The summed E-state index contributed by atoms with van der Waals surface area (Å²) in [4.78, 5) is 0. The minimum atomic E-state index is -0.0911. The average Bonchev–Trinajstić information content (AvgIpc) is 3.27. The minimum absolute atomic E-state index is 0.0911. The van der Waals surface area contributed by atoms with Crippen molar-refractivity contribution in [2.45, 2.75) is 213 Å². The number of hydrogen-bond acceptors (Lipinski definition) is 2. The largest absolute Gasteiger partial charge is 0.374 e. The number of benzene rings is 3. The third kappa shape index (κ3) is 18.9. The van der Waals surface area contributed by atoms with Crippen LogP contribution in [0, 0.1) is 23.7 Å². The predicted molar refractivity (Wildman–Crippen MR) is 249 cm³/mol. The normalized spacial score (nSPS) is 20.3. The molecule has 0 amide bonds. The van der Waals surface area contributed by atoms with Crippen molar-refractivity contribution in [2.75, 3.05) is 6.61 Å². The van der Waals surface area contributed by atoms with E-state index in [9.17, 15) is 0 Å². The van der Waals surface area contributed by atoms with E-state index in [1.807, 2.05) is 0 Å². The Morgan fingerprint density at radius 3 is 1.22 bits per heavy atom. The SMILES string of the molecule is CCCCCCCC1CCC(CCCCc2ccc(COC[C@H](OCc3ccc(CCCCC4CCC(CCCCCCC)CC4)cc3)c3ccccc3)cc2)CC1. The van der Waals surface area contributed by atoms with E-state index >= 15 is 0 Å². The van der Waals surface area contributed by atoms with Crippen molar-refractivity contribution in [1.82, 2.24) is 0 Å². The smallest absolute Gasteiger partial charge is 0.106 e. The first-order chi connectivity index (χ1) is 28.7. The third-order valence-electron chi connectivity index (χ3n) is 14.2. The highest BCUT2D eigenvalue weighted by Crippen LogP contribution is 2.36. The Morgan fingerprint density at radius 1 is 0.414 bits per heavy atom. The summed E-state index contributed by atoms with van der Waals surface area (Å²) in [6.45, 7) is 6.39. The Bertz CT molecular complexity index is 1400. The van der Waals surface area contributed by atoms with Crippen molar-refractivity contribution in [3.63, 3.8) is 0 Å². The van der Waals surface area contributed by atoms with Gasteiger partial charge in [-0.3, -0.25) is 0 Å². The van der Waals surface area contributed by atoms with Crippen LogP contribution in [0.15, 0.2) is 78.9 Å². The van der Waals surface area contributed by atoms with Gasteiger partial charge in [-0.05, 0) is 77.2 Å². The maximum atomic E-state index is 6.53. The molecule has 2 heteroatoms. The highest BCUT2D eigenvalue weighted by molar-refractivity contribution is 5.24. The fraction of sp³-hybridized carbons (Fsp3) is 0.679. The number of rotatable bonds is 30. The van der Waals surface area contributed by atoms with E-state index in [-0.39, 0.29) is 6.10 Å². The molecule has 0 N–H and O–H groups in total. The lowest BCUT2D eigenvalue weighted by Crippen LogP contribution is -2.14. The molecule has 0 aromatic heterocycles. The highest BCUT2D eigenvalue weighted by Gasteiger charge is 2.22. The van der Waals surface area contributed by atoms with Crippen LogP contribution >= 0.6 is 0 Å². The van der Waals surface area contributed by atoms with Crippen LogP contribution in [0.4, 0.5) is 0 Å². The summed E-state index contributed by atoms with van der Waals surface area (Å²) in [5.74, 6) is 4.02. The summed E-state index contributed by atoms with van der Waals surface area (Å²) in [5, 5.41) is 0. The molecule has 0 bridgehead atoms. The molecule has 5 rings (SSSR count). The second kappa shape index (κ2) is 28.9. The molecule has 2 aliphatic rings. The van der Waals surface area contributed by atoms with Crippen LogP contribution < -0.4 is 0 Å². The van der Waals surface area contributed by atoms with Crippen LogP contribution in [0.2, 0.25) is 0 Å². The first-order valence-electron chi connectivity index (χ1n) is 25.1. The van der Waals surface area contributed by atoms with Gasteiger partial charge in [-0.15, -0.1) is 0 Å². The average molecular weight is 791 g/mol. The quantitative estimate of drug-likeness (QED) is 0.0626. The molecule has 0 spiro atoms. The van der Waals surface area contributed by atoms with Crippen LogP contribution in [0.5, 0.6) is 0 Å². The number of unbranched alkanes of at least 4 members (excludes halogenated alkanes) is 10. The van der Waals surface area contributed by atoms with E-state index in [0.717, 1.165) is 23.7 Å². The molecule has 1 atom stereocenters. The van der Waals surface area contributed by atoms with Crippen molar-refractivity contribution in [2.24, 2.45) is 23.7 Å². The summed E-state index contributed by atoms with van der Waals surface area (Å²) in [5.41, 5.74) is 6.57. The maximum Gasteiger partial charge on any atom is 0.106 e. The second-order valence-corrected chi connectivity index (χ2v) is 19.0. The molecule has 2 aliphatic carbocycles. The van der Waals surface area contributed by atoms with Gasteiger partial charge < -0.3 is 9.47 Å². The van der Waals surface area contributed by atoms with Gasteiger partial charge in [0.2, 0.25) is 0 Å². The van der Waals surface area contributed by atoms with Gasteiger partial charge in [-0.1, -0.05) is 247 Å². The number of ether oxygens (including phenoxy) is 2. The standard InChI is InChI=1S/C56H86O2/c1-3-5-7-9-12-20-47-28-32-49(33-29-47)22-16-18-24-51-36-40-53(41-37-51)44-57-46-56(55-26-14-11-15-27-55)58-45-54-42-38-52(39-43-54)25-19-17-23-50-34-30-48(31-35-50)21-13-10-8-6-4-2/h11,14-15,26-27,36-43,47-50,56H,3-10,12-13,16-25,28-35,44-46H2,1-2H3/t47?,48?,49?,50?,56-/m0/s1. The molecular formula is C56H86O2. The fourth-order valence-electron chi connectivity index (χ4n) is 10.2. The van der Waals surface area contributed by atoms with Crippen molar-refractivity contribution in [3.05, 3.63) is 107 Å². The summed E-state index contributed by atoms with van der Waals surface area (Å²) in [6.07, 6.45) is 39.7. The molecule has 0 radical (unpaired) electrons. The monoisotopic (exact) mass is 791 g/mol. The van der Waals surface area contributed by atoms with Gasteiger partial charge in [0.1, 0.15) is 6.10 Å². The molecule has 58 heavy (non-hydrogen) atoms. The zero-order valence-electron chi connectivity index (χ0n) is 37.6. The molecular weight excluding hydrogens is 705 g/mol. The Balaban J connectivity index is 0.922. The Hall–Kier alpha value is -2.42. The number of hydrogen-bond donors (Lipinski definition) is 0. The molecule has 2 saturated carbocycles. The predicted octanol–water partition coefficient (Wildman–Crippen LogP) is 16.9. The van der Waals surface area contributed by atoms with E-state index < -0.39 is 0 Å². The third-order valence-corrected chi connectivity index (χ3v) is 14.2. The molecule has 0 aliphatic heterocycles. The first kappa shape index (κ1) is 46.6. The van der Waals surface area contributed by atoms with E-state index in [4.69, 9.17) is 9.47 Å². The van der Waals surface area contributed by atoms with Gasteiger partial charge >= 0.3 is 0 Å². The van der Waals surface area contributed by atoms with Crippen molar-refractivity contribution >= 4 is 0 Å². The molecule has 0 heterocycles. The van der Waals surface area contributed by atoms with E-state index in [2.05, 4.69) is 92.7 Å². The van der Waals surface area contributed by atoms with Gasteiger partial charge in [-0.25, -0.2) is 0 Å². The molecule has 3 aromatic carbocycles. The van der Waals surface area contributed by atoms with Crippen molar-refractivity contribution in [1.29, 1.82) is 0 Å². The van der Waals surface area contributed by atoms with Crippen LogP contribution in [0.25, 0.3) is 0 Å².